The third kappa shape index (κ3) is 6.64. The van der Waals surface area contributed by atoms with Crippen molar-refractivity contribution in [2.45, 2.75) is 39.6 Å². The van der Waals surface area contributed by atoms with E-state index < -0.39 is 6.10 Å². The summed E-state index contributed by atoms with van der Waals surface area (Å²) in [5, 5.41) is 15.4. The number of rotatable bonds is 14. The number of aliphatic hydroxyl groups is 1. The van der Waals surface area contributed by atoms with Gasteiger partial charge < -0.3 is 33.2 Å². The van der Waals surface area contributed by atoms with Crippen molar-refractivity contribution in [3.8, 4) is 22.8 Å². The van der Waals surface area contributed by atoms with Gasteiger partial charge in [-0.1, -0.05) is 11.2 Å². The van der Waals surface area contributed by atoms with Crippen molar-refractivity contribution >= 4 is 5.88 Å². The number of fused-ring (bicyclic) bond motifs is 1. The number of hydrogen-bond acceptors (Lipinski definition) is 9. The van der Waals surface area contributed by atoms with E-state index in [1.807, 2.05) is 24.3 Å². The molecule has 0 spiro atoms. The summed E-state index contributed by atoms with van der Waals surface area (Å²) in [6.07, 6.45) is 0.822. The molecule has 2 aromatic heterocycles. The first-order valence-corrected chi connectivity index (χ1v) is 13.4. The molecule has 0 bridgehead atoms. The summed E-state index contributed by atoms with van der Waals surface area (Å²) in [5.41, 5.74) is 3.25. The molecule has 212 valence electrons. The van der Waals surface area contributed by atoms with Gasteiger partial charge in [0.25, 0.3) is 0 Å². The summed E-state index contributed by atoms with van der Waals surface area (Å²) in [6.45, 7) is 7.43. The molecule has 3 heterocycles. The Morgan fingerprint density at radius 1 is 1.02 bits per heavy atom. The Balaban J connectivity index is 1.41. The number of halogens is 1. The standard InChI is InChI=1S/C30H34FN3O6/c1-3-34(4-2)30-26(29(32-40-30)22-8-10-23(31)11-9-22)17-33(15-21-7-12-27-28(14-21)39-20-38-27)16-24(35)18-36-19-25-6-5-13-37-25/h5-14,24,35H,3-4,15-20H2,1-2H3/t24-/m1/s1. The fraction of sp³-hybridized carbons (Fsp3) is 0.367. The van der Waals surface area contributed by atoms with Gasteiger partial charge in [0.15, 0.2) is 11.5 Å². The number of hydrogen-bond donors (Lipinski definition) is 1. The van der Waals surface area contributed by atoms with Gasteiger partial charge >= 0.3 is 0 Å². The van der Waals surface area contributed by atoms with Gasteiger partial charge in [-0.2, -0.15) is 0 Å². The van der Waals surface area contributed by atoms with Gasteiger partial charge in [0, 0.05) is 38.3 Å². The van der Waals surface area contributed by atoms with Crippen molar-refractivity contribution < 1.29 is 32.6 Å². The Kier molecular flexibility index (Phi) is 9.00. The van der Waals surface area contributed by atoms with Gasteiger partial charge in [-0.25, -0.2) is 4.39 Å². The van der Waals surface area contributed by atoms with Crippen LogP contribution >= 0.6 is 0 Å². The van der Waals surface area contributed by atoms with E-state index in [0.717, 1.165) is 29.8 Å². The molecule has 0 radical (unpaired) electrons. The summed E-state index contributed by atoms with van der Waals surface area (Å²) < 4.78 is 41.6. The molecule has 4 aromatic rings. The van der Waals surface area contributed by atoms with Crippen LogP contribution in [0.1, 0.15) is 30.7 Å². The SMILES string of the molecule is CCN(CC)c1onc(-c2ccc(F)cc2)c1CN(Cc1ccc2c(c1)OCO2)C[C@@H](O)COCc1ccco1. The molecule has 10 heteroatoms. The highest BCUT2D eigenvalue weighted by atomic mass is 19.1. The highest BCUT2D eigenvalue weighted by Gasteiger charge is 2.25. The van der Waals surface area contributed by atoms with Gasteiger partial charge in [0.2, 0.25) is 12.7 Å². The predicted molar refractivity (Wildman–Crippen MR) is 147 cm³/mol. The number of ether oxygens (including phenoxy) is 3. The van der Waals surface area contributed by atoms with Crippen molar-refractivity contribution in [2.75, 3.05) is 37.9 Å². The zero-order valence-corrected chi connectivity index (χ0v) is 22.7. The second-order valence-electron chi connectivity index (χ2n) is 9.60. The summed E-state index contributed by atoms with van der Waals surface area (Å²) in [7, 11) is 0. The number of benzene rings is 2. The Hall–Kier alpha value is -3.86. The average molecular weight is 552 g/mol. The van der Waals surface area contributed by atoms with Crippen LogP contribution in [-0.4, -0.2) is 54.3 Å². The Morgan fingerprint density at radius 2 is 1.82 bits per heavy atom. The lowest BCUT2D eigenvalue weighted by Gasteiger charge is -2.27. The van der Waals surface area contributed by atoms with Gasteiger partial charge in [-0.05, 0) is 67.9 Å². The van der Waals surface area contributed by atoms with Crippen LogP contribution in [0.3, 0.4) is 0 Å². The Morgan fingerprint density at radius 3 is 2.58 bits per heavy atom. The zero-order valence-electron chi connectivity index (χ0n) is 22.7. The minimum absolute atomic E-state index is 0.135. The van der Waals surface area contributed by atoms with Crippen molar-refractivity contribution in [1.82, 2.24) is 10.1 Å². The minimum Gasteiger partial charge on any atom is -0.467 e. The van der Waals surface area contributed by atoms with Crippen molar-refractivity contribution in [3.05, 3.63) is 83.6 Å². The summed E-state index contributed by atoms with van der Waals surface area (Å²) in [4.78, 5) is 4.21. The second-order valence-corrected chi connectivity index (χ2v) is 9.60. The monoisotopic (exact) mass is 551 g/mol. The molecule has 5 rings (SSSR count). The molecule has 1 atom stereocenters. The molecule has 40 heavy (non-hydrogen) atoms. The third-order valence-electron chi connectivity index (χ3n) is 6.76. The Bertz CT molecular complexity index is 1350. The van der Waals surface area contributed by atoms with E-state index in [0.29, 0.717) is 48.5 Å². The predicted octanol–water partition coefficient (Wildman–Crippen LogP) is 5.23. The fourth-order valence-electron chi connectivity index (χ4n) is 4.78. The number of furan rings is 1. The van der Waals surface area contributed by atoms with Crippen molar-refractivity contribution in [2.24, 2.45) is 0 Å². The highest BCUT2D eigenvalue weighted by Crippen LogP contribution is 2.35. The van der Waals surface area contributed by atoms with E-state index in [2.05, 4.69) is 28.8 Å². The van der Waals surface area contributed by atoms with Gasteiger partial charge in [-0.3, -0.25) is 4.90 Å². The van der Waals surface area contributed by atoms with Crippen LogP contribution < -0.4 is 14.4 Å². The third-order valence-corrected chi connectivity index (χ3v) is 6.76. The molecule has 0 saturated heterocycles. The molecule has 0 saturated carbocycles. The van der Waals surface area contributed by atoms with Crippen LogP contribution in [-0.2, 0) is 24.4 Å². The smallest absolute Gasteiger partial charge is 0.232 e. The normalized spacial score (nSPS) is 13.2. The lowest BCUT2D eigenvalue weighted by Crippen LogP contribution is -2.35. The van der Waals surface area contributed by atoms with Gasteiger partial charge in [0.05, 0.1) is 24.5 Å². The first-order valence-electron chi connectivity index (χ1n) is 13.4. The largest absolute Gasteiger partial charge is 0.467 e. The minimum atomic E-state index is -0.769. The van der Waals surface area contributed by atoms with Crippen LogP contribution in [0.2, 0.25) is 0 Å². The van der Waals surface area contributed by atoms with Crippen molar-refractivity contribution in [3.63, 3.8) is 0 Å². The summed E-state index contributed by atoms with van der Waals surface area (Å²) >= 11 is 0. The molecule has 0 fully saturated rings. The summed E-state index contributed by atoms with van der Waals surface area (Å²) in [6, 6.07) is 15.7. The van der Waals surface area contributed by atoms with Crippen LogP contribution in [0, 0.1) is 5.82 Å². The van der Waals surface area contributed by atoms with E-state index in [9.17, 15) is 9.50 Å². The molecule has 1 aliphatic heterocycles. The number of anilines is 1. The quantitative estimate of drug-likeness (QED) is 0.226. The first kappa shape index (κ1) is 27.7. The molecule has 1 aliphatic rings. The van der Waals surface area contributed by atoms with E-state index in [4.69, 9.17) is 23.2 Å². The van der Waals surface area contributed by atoms with Gasteiger partial charge in [-0.15, -0.1) is 0 Å². The summed E-state index contributed by atoms with van der Waals surface area (Å²) in [5.74, 6) is 2.44. The molecular weight excluding hydrogens is 517 g/mol. The lowest BCUT2D eigenvalue weighted by molar-refractivity contribution is 0.00254. The van der Waals surface area contributed by atoms with Crippen LogP contribution in [0.15, 0.2) is 69.8 Å². The number of aromatic nitrogens is 1. The maximum atomic E-state index is 13.7. The van der Waals surface area contributed by atoms with E-state index >= 15 is 0 Å². The molecule has 1 N–H and O–H groups in total. The molecule has 0 amide bonds. The topological polar surface area (TPSA) is 93.6 Å². The number of aliphatic hydroxyl groups excluding tert-OH is 1. The van der Waals surface area contributed by atoms with Crippen LogP contribution in [0.5, 0.6) is 11.5 Å². The molecule has 2 aromatic carbocycles. The van der Waals surface area contributed by atoms with E-state index in [-0.39, 0.29) is 25.8 Å². The molecule has 0 aliphatic carbocycles. The maximum Gasteiger partial charge on any atom is 0.232 e. The molecule has 0 unspecified atom stereocenters. The molecular formula is C30H34FN3O6. The van der Waals surface area contributed by atoms with Crippen LogP contribution in [0.4, 0.5) is 10.3 Å². The highest BCUT2D eigenvalue weighted by molar-refractivity contribution is 5.68. The lowest BCUT2D eigenvalue weighted by atomic mass is 10.1. The van der Waals surface area contributed by atoms with Crippen LogP contribution in [0.25, 0.3) is 11.3 Å². The first-order chi connectivity index (χ1) is 19.5. The maximum absolute atomic E-state index is 13.7. The molecule has 9 nitrogen and oxygen atoms in total. The second kappa shape index (κ2) is 13.0. The Labute approximate surface area is 232 Å². The number of nitrogens with zero attached hydrogens (tertiary/aromatic N) is 3. The van der Waals surface area contributed by atoms with Crippen molar-refractivity contribution in [1.29, 1.82) is 0 Å². The van der Waals surface area contributed by atoms with Gasteiger partial charge in [0.1, 0.15) is 23.9 Å². The van der Waals surface area contributed by atoms with E-state index in [1.54, 1.807) is 24.5 Å². The zero-order chi connectivity index (χ0) is 27.9. The fourth-order valence-corrected chi connectivity index (χ4v) is 4.78. The van der Waals surface area contributed by atoms with E-state index in [1.165, 1.54) is 12.1 Å². The average Bonchev–Trinajstić information content (AvgIpc) is 3.72.